The first-order valence-electron chi connectivity index (χ1n) is 8.79. The summed E-state index contributed by atoms with van der Waals surface area (Å²) in [4.78, 5) is 26.1. The third-order valence-electron chi connectivity index (χ3n) is 4.45. The molecule has 1 heterocycles. The molecule has 126 valence electrons. The molecule has 1 aromatic rings. The zero-order valence-electron chi connectivity index (χ0n) is 14.3. The molecular weight excluding hydrogens is 288 g/mol. The highest BCUT2D eigenvalue weighted by molar-refractivity contribution is 5.94. The molecule has 0 aromatic heterocycles. The van der Waals surface area contributed by atoms with Crippen LogP contribution in [0.3, 0.4) is 0 Å². The Morgan fingerprint density at radius 3 is 2.83 bits per heavy atom. The van der Waals surface area contributed by atoms with E-state index in [1.165, 1.54) is 5.56 Å². The molecule has 1 N–H and O–H groups in total. The summed E-state index contributed by atoms with van der Waals surface area (Å²) in [5.41, 5.74) is 2.32. The monoisotopic (exact) mass is 316 g/mol. The molecule has 1 aliphatic rings. The highest BCUT2D eigenvalue weighted by atomic mass is 16.2. The van der Waals surface area contributed by atoms with Crippen molar-refractivity contribution in [2.45, 2.75) is 58.3 Å². The SMILES string of the molecule is CCCNC(=O)CCCC(=O)N1CCC[C@H](C)c2ccccc21. The Balaban J connectivity index is 1.94. The van der Waals surface area contributed by atoms with E-state index in [-0.39, 0.29) is 11.8 Å². The first-order chi connectivity index (χ1) is 11.1. The molecule has 0 fully saturated rings. The van der Waals surface area contributed by atoms with Gasteiger partial charge in [0.15, 0.2) is 0 Å². The average molecular weight is 316 g/mol. The topological polar surface area (TPSA) is 49.4 Å². The van der Waals surface area contributed by atoms with Gasteiger partial charge in [0.2, 0.25) is 11.8 Å². The van der Waals surface area contributed by atoms with E-state index in [1.54, 1.807) is 0 Å². The summed E-state index contributed by atoms with van der Waals surface area (Å²) in [7, 11) is 0. The summed E-state index contributed by atoms with van der Waals surface area (Å²) in [6.07, 6.45) is 4.55. The maximum Gasteiger partial charge on any atom is 0.226 e. The number of amides is 2. The lowest BCUT2D eigenvalue weighted by atomic mass is 9.96. The lowest BCUT2D eigenvalue weighted by Crippen LogP contribution is -2.32. The predicted molar refractivity (Wildman–Crippen MR) is 93.6 cm³/mol. The number of para-hydroxylation sites is 1. The fourth-order valence-corrected chi connectivity index (χ4v) is 3.13. The number of hydrogen-bond donors (Lipinski definition) is 1. The molecule has 4 nitrogen and oxygen atoms in total. The van der Waals surface area contributed by atoms with Gasteiger partial charge in [-0.2, -0.15) is 0 Å². The smallest absolute Gasteiger partial charge is 0.226 e. The lowest BCUT2D eigenvalue weighted by Gasteiger charge is -2.23. The Kier molecular flexibility index (Phi) is 6.63. The molecule has 0 radical (unpaired) electrons. The molecule has 1 aromatic carbocycles. The van der Waals surface area contributed by atoms with Gasteiger partial charge in [0.1, 0.15) is 0 Å². The minimum absolute atomic E-state index is 0.0459. The molecule has 0 spiro atoms. The summed E-state index contributed by atoms with van der Waals surface area (Å²) in [5, 5.41) is 2.85. The molecule has 4 heteroatoms. The summed E-state index contributed by atoms with van der Waals surface area (Å²) >= 11 is 0. The van der Waals surface area contributed by atoms with Crippen LogP contribution in [0.4, 0.5) is 5.69 Å². The van der Waals surface area contributed by atoms with Gasteiger partial charge < -0.3 is 10.2 Å². The maximum atomic E-state index is 12.6. The molecule has 2 rings (SSSR count). The van der Waals surface area contributed by atoms with Gasteiger partial charge in [0.05, 0.1) is 0 Å². The van der Waals surface area contributed by atoms with Crippen LogP contribution in [0.25, 0.3) is 0 Å². The van der Waals surface area contributed by atoms with Gasteiger partial charge in [0, 0.05) is 31.6 Å². The van der Waals surface area contributed by atoms with Gasteiger partial charge in [-0.25, -0.2) is 0 Å². The van der Waals surface area contributed by atoms with E-state index in [2.05, 4.69) is 18.3 Å². The highest BCUT2D eigenvalue weighted by Crippen LogP contribution is 2.34. The quantitative estimate of drug-likeness (QED) is 0.871. The van der Waals surface area contributed by atoms with E-state index in [4.69, 9.17) is 0 Å². The van der Waals surface area contributed by atoms with E-state index in [9.17, 15) is 9.59 Å². The van der Waals surface area contributed by atoms with Gasteiger partial charge >= 0.3 is 0 Å². The van der Waals surface area contributed by atoms with Gasteiger partial charge in [-0.3, -0.25) is 9.59 Å². The van der Waals surface area contributed by atoms with Crippen molar-refractivity contribution in [3.8, 4) is 0 Å². The van der Waals surface area contributed by atoms with E-state index in [0.717, 1.165) is 31.5 Å². The Morgan fingerprint density at radius 2 is 2.04 bits per heavy atom. The number of carbonyl (C=O) groups is 2. The molecule has 23 heavy (non-hydrogen) atoms. The predicted octanol–water partition coefficient (Wildman–Crippen LogP) is 3.61. The van der Waals surface area contributed by atoms with Crippen LogP contribution in [0.5, 0.6) is 0 Å². The molecule has 2 amide bonds. The normalized spacial score (nSPS) is 17.3. The number of benzene rings is 1. The molecule has 1 aliphatic heterocycles. The summed E-state index contributed by atoms with van der Waals surface area (Å²) in [5.74, 6) is 0.670. The molecule has 0 saturated heterocycles. The first kappa shape index (κ1) is 17.5. The Hall–Kier alpha value is -1.84. The maximum absolute atomic E-state index is 12.6. The number of hydrogen-bond acceptors (Lipinski definition) is 2. The van der Waals surface area contributed by atoms with Crippen molar-refractivity contribution in [2.24, 2.45) is 0 Å². The minimum atomic E-state index is 0.0459. The van der Waals surface area contributed by atoms with Crippen LogP contribution >= 0.6 is 0 Å². The van der Waals surface area contributed by atoms with Crippen molar-refractivity contribution in [3.63, 3.8) is 0 Å². The van der Waals surface area contributed by atoms with Crippen LogP contribution in [-0.2, 0) is 9.59 Å². The highest BCUT2D eigenvalue weighted by Gasteiger charge is 2.23. The number of anilines is 1. The Morgan fingerprint density at radius 1 is 1.26 bits per heavy atom. The van der Waals surface area contributed by atoms with Crippen LogP contribution in [0.15, 0.2) is 24.3 Å². The fourth-order valence-electron chi connectivity index (χ4n) is 3.13. The van der Waals surface area contributed by atoms with E-state index in [1.807, 2.05) is 30.0 Å². The average Bonchev–Trinajstić information content (AvgIpc) is 2.72. The first-order valence-corrected chi connectivity index (χ1v) is 8.79. The molecule has 0 aliphatic carbocycles. The molecule has 1 atom stereocenters. The van der Waals surface area contributed by atoms with Gasteiger partial charge in [-0.1, -0.05) is 32.0 Å². The van der Waals surface area contributed by atoms with Crippen LogP contribution in [-0.4, -0.2) is 24.9 Å². The van der Waals surface area contributed by atoms with Crippen molar-refractivity contribution in [2.75, 3.05) is 18.0 Å². The van der Waals surface area contributed by atoms with Gasteiger partial charge in [-0.15, -0.1) is 0 Å². The summed E-state index contributed by atoms with van der Waals surface area (Å²) < 4.78 is 0. The van der Waals surface area contributed by atoms with Crippen molar-refractivity contribution in [3.05, 3.63) is 29.8 Å². The summed E-state index contributed by atoms with van der Waals surface area (Å²) in [6.45, 7) is 5.75. The minimum Gasteiger partial charge on any atom is -0.356 e. The summed E-state index contributed by atoms with van der Waals surface area (Å²) in [6, 6.07) is 8.21. The molecular formula is C19H28N2O2. The Bertz CT molecular complexity index is 542. The third kappa shape index (κ3) is 4.81. The van der Waals surface area contributed by atoms with E-state index in [0.29, 0.717) is 31.7 Å². The van der Waals surface area contributed by atoms with Gasteiger partial charge in [0.25, 0.3) is 0 Å². The third-order valence-corrected chi connectivity index (χ3v) is 4.45. The van der Waals surface area contributed by atoms with Gasteiger partial charge in [-0.05, 0) is 43.2 Å². The number of nitrogens with zero attached hydrogens (tertiary/aromatic N) is 1. The van der Waals surface area contributed by atoms with Crippen LogP contribution in [0.1, 0.15) is 63.9 Å². The molecule has 0 saturated carbocycles. The van der Waals surface area contributed by atoms with Crippen molar-refractivity contribution >= 4 is 17.5 Å². The second kappa shape index (κ2) is 8.70. The van der Waals surface area contributed by atoms with E-state index < -0.39 is 0 Å². The standard InChI is InChI=1S/C19H28N2O2/c1-3-13-20-18(22)11-6-12-19(23)21-14-7-8-15(2)16-9-4-5-10-17(16)21/h4-5,9-10,15H,3,6-8,11-14H2,1-2H3,(H,20,22)/t15-/m0/s1. The fraction of sp³-hybridized carbons (Fsp3) is 0.579. The van der Waals surface area contributed by atoms with Crippen LogP contribution < -0.4 is 10.2 Å². The van der Waals surface area contributed by atoms with Crippen molar-refractivity contribution in [1.29, 1.82) is 0 Å². The zero-order chi connectivity index (χ0) is 16.7. The van der Waals surface area contributed by atoms with Crippen molar-refractivity contribution < 1.29 is 9.59 Å². The largest absolute Gasteiger partial charge is 0.356 e. The second-order valence-corrected chi connectivity index (χ2v) is 6.35. The number of rotatable bonds is 6. The van der Waals surface area contributed by atoms with Crippen LogP contribution in [0, 0.1) is 0 Å². The number of nitrogens with one attached hydrogen (secondary N) is 1. The molecule has 0 unspecified atom stereocenters. The lowest BCUT2D eigenvalue weighted by molar-refractivity contribution is -0.121. The van der Waals surface area contributed by atoms with E-state index >= 15 is 0 Å². The Labute approximate surface area is 139 Å². The van der Waals surface area contributed by atoms with Crippen LogP contribution in [0.2, 0.25) is 0 Å². The zero-order valence-corrected chi connectivity index (χ0v) is 14.3. The second-order valence-electron chi connectivity index (χ2n) is 6.35. The van der Waals surface area contributed by atoms with Crippen molar-refractivity contribution in [1.82, 2.24) is 5.32 Å². The molecule has 0 bridgehead atoms. The number of carbonyl (C=O) groups excluding carboxylic acids is 2. The number of fused-ring (bicyclic) bond motifs is 1.